The summed E-state index contributed by atoms with van der Waals surface area (Å²) >= 11 is 1.61. The second kappa shape index (κ2) is 11.1. The van der Waals surface area contributed by atoms with Crippen LogP contribution in [0.4, 0.5) is 11.8 Å². The number of esters is 1. The minimum absolute atomic E-state index is 0.292. The number of hydrogen-bond acceptors (Lipinski definition) is 11. The van der Waals surface area contributed by atoms with Gasteiger partial charge >= 0.3 is 5.97 Å². The molecule has 5 rings (SSSR count). The summed E-state index contributed by atoms with van der Waals surface area (Å²) in [4.78, 5) is 47.2. The Morgan fingerprint density at radius 1 is 1.13 bits per heavy atom. The number of carbonyl (C=O) groups is 2. The number of hydrogen-bond donors (Lipinski definition) is 1. The topological polar surface area (TPSA) is 137 Å². The Kier molecular flexibility index (Phi) is 7.43. The molecule has 0 atom stereocenters. The molecule has 1 aliphatic rings. The van der Waals surface area contributed by atoms with Crippen molar-refractivity contribution in [3.05, 3.63) is 58.7 Å². The van der Waals surface area contributed by atoms with Gasteiger partial charge in [0, 0.05) is 48.5 Å². The van der Waals surface area contributed by atoms with E-state index in [-0.39, 0.29) is 0 Å². The van der Waals surface area contributed by atoms with Crippen LogP contribution in [0.5, 0.6) is 0 Å². The van der Waals surface area contributed by atoms with Crippen molar-refractivity contribution in [2.75, 3.05) is 49.8 Å². The Bertz CT molecular complexity index is 1470. The Morgan fingerprint density at radius 2 is 1.89 bits per heavy atom. The highest BCUT2D eigenvalue weighted by atomic mass is 32.1. The van der Waals surface area contributed by atoms with Crippen molar-refractivity contribution in [1.29, 1.82) is 0 Å². The van der Waals surface area contributed by atoms with Crippen molar-refractivity contribution < 1.29 is 19.1 Å². The fourth-order valence-corrected chi connectivity index (χ4v) is 5.28. The Balaban J connectivity index is 1.47. The molecule has 1 amide bonds. The van der Waals surface area contributed by atoms with E-state index < -0.39 is 11.9 Å². The number of benzene rings is 1. The lowest BCUT2D eigenvalue weighted by Gasteiger charge is -2.28. The van der Waals surface area contributed by atoms with Crippen LogP contribution in [-0.4, -0.2) is 71.8 Å². The summed E-state index contributed by atoms with van der Waals surface area (Å²) in [6.45, 7) is 5.27. The number of fused-ring (bicyclic) bond motifs is 1. The number of anilines is 2. The summed E-state index contributed by atoms with van der Waals surface area (Å²) in [5, 5.41) is 0. The lowest BCUT2D eigenvalue weighted by Crippen LogP contribution is -2.36. The lowest BCUT2D eigenvalue weighted by atomic mass is 10.1. The van der Waals surface area contributed by atoms with Crippen LogP contribution in [0.1, 0.15) is 32.5 Å². The minimum atomic E-state index is -0.500. The fraction of sp³-hybridized carbons (Fsp3) is 0.308. The summed E-state index contributed by atoms with van der Waals surface area (Å²) in [7, 11) is 1.89. The Morgan fingerprint density at radius 3 is 2.61 bits per heavy atom. The SMILES string of the molecule is CCOC(=O)c1cnc(N(C)Cc2cc3nc(-c4cccc(C(N)=O)c4)nc(N4CCOCC4)c3s2)nc1. The third kappa shape index (κ3) is 5.41. The summed E-state index contributed by atoms with van der Waals surface area (Å²) in [6.07, 6.45) is 2.94. The maximum atomic E-state index is 11.9. The van der Waals surface area contributed by atoms with Crippen molar-refractivity contribution >= 4 is 45.2 Å². The van der Waals surface area contributed by atoms with Crippen LogP contribution in [0.15, 0.2) is 42.7 Å². The zero-order chi connectivity index (χ0) is 26.6. The quantitative estimate of drug-likeness (QED) is 0.337. The van der Waals surface area contributed by atoms with Gasteiger partial charge in [0.25, 0.3) is 0 Å². The van der Waals surface area contributed by atoms with Crippen molar-refractivity contribution in [1.82, 2.24) is 19.9 Å². The maximum Gasteiger partial charge on any atom is 0.341 e. The molecule has 0 spiro atoms. The third-order valence-electron chi connectivity index (χ3n) is 6.00. The molecular formula is C26H27N7O4S. The summed E-state index contributed by atoms with van der Waals surface area (Å²) < 4.78 is 11.5. The average Bonchev–Trinajstić information content (AvgIpc) is 3.35. The van der Waals surface area contributed by atoms with Crippen molar-refractivity contribution in [2.45, 2.75) is 13.5 Å². The van der Waals surface area contributed by atoms with Crippen LogP contribution in [0, 0.1) is 0 Å². The van der Waals surface area contributed by atoms with Gasteiger partial charge in [-0.15, -0.1) is 11.3 Å². The summed E-state index contributed by atoms with van der Waals surface area (Å²) in [6, 6.07) is 9.07. The number of nitrogens with zero attached hydrogens (tertiary/aromatic N) is 6. The van der Waals surface area contributed by atoms with E-state index in [2.05, 4.69) is 14.9 Å². The first-order valence-electron chi connectivity index (χ1n) is 12.2. The van der Waals surface area contributed by atoms with E-state index in [1.807, 2.05) is 24.1 Å². The third-order valence-corrected chi connectivity index (χ3v) is 7.11. The molecule has 2 N–H and O–H groups in total. The average molecular weight is 534 g/mol. The first kappa shape index (κ1) is 25.5. The predicted octanol–water partition coefficient (Wildman–Crippen LogP) is 2.90. The highest BCUT2D eigenvalue weighted by Crippen LogP contribution is 2.35. The fourth-order valence-electron chi connectivity index (χ4n) is 4.11. The van der Waals surface area contributed by atoms with E-state index in [1.54, 1.807) is 36.5 Å². The van der Waals surface area contributed by atoms with Gasteiger partial charge in [0.05, 0.1) is 42.1 Å². The monoisotopic (exact) mass is 533 g/mol. The largest absolute Gasteiger partial charge is 0.462 e. The number of carbonyl (C=O) groups excluding carboxylic acids is 2. The van der Waals surface area contributed by atoms with Crippen LogP contribution in [0.2, 0.25) is 0 Å². The van der Waals surface area contributed by atoms with Crippen molar-refractivity contribution in [2.24, 2.45) is 5.73 Å². The van der Waals surface area contributed by atoms with Crippen LogP contribution in [0.3, 0.4) is 0 Å². The molecule has 3 aromatic heterocycles. The van der Waals surface area contributed by atoms with Gasteiger partial charge in [-0.3, -0.25) is 4.79 Å². The van der Waals surface area contributed by atoms with Gasteiger partial charge in [-0.25, -0.2) is 24.7 Å². The molecule has 1 aliphatic heterocycles. The number of primary amides is 1. The molecule has 11 nitrogen and oxygen atoms in total. The maximum absolute atomic E-state index is 11.9. The predicted molar refractivity (Wildman–Crippen MR) is 144 cm³/mol. The molecule has 1 saturated heterocycles. The van der Waals surface area contributed by atoms with E-state index >= 15 is 0 Å². The standard InChI is InChI=1S/C26H27N7O4S/c1-3-37-25(35)18-13-28-26(29-14-18)32(2)15-19-12-20-21(38-19)24(33-7-9-36-10-8-33)31-23(30-20)17-6-4-5-16(11-17)22(27)34/h4-6,11-14H,3,7-10,15H2,1-2H3,(H2,27,34). The Hall–Kier alpha value is -4.16. The molecule has 0 bridgehead atoms. The number of morpholine rings is 1. The van der Waals surface area contributed by atoms with Crippen molar-refractivity contribution in [3.8, 4) is 11.4 Å². The van der Waals surface area contributed by atoms with Crippen LogP contribution in [0.25, 0.3) is 21.6 Å². The number of amides is 1. The van der Waals surface area contributed by atoms with Crippen LogP contribution >= 0.6 is 11.3 Å². The zero-order valence-electron chi connectivity index (χ0n) is 21.1. The number of thiophene rings is 1. The first-order chi connectivity index (χ1) is 18.4. The lowest BCUT2D eigenvalue weighted by molar-refractivity contribution is 0.0525. The molecule has 196 valence electrons. The molecule has 0 radical (unpaired) electrons. The van der Waals surface area contributed by atoms with Crippen LogP contribution in [-0.2, 0) is 16.0 Å². The van der Waals surface area contributed by atoms with Gasteiger partial charge in [-0.2, -0.15) is 0 Å². The number of nitrogens with two attached hydrogens (primary N) is 1. The summed E-state index contributed by atoms with van der Waals surface area (Å²) in [5.41, 5.74) is 7.74. The van der Waals surface area contributed by atoms with Gasteiger partial charge in [0.15, 0.2) is 11.6 Å². The second-order valence-corrected chi connectivity index (χ2v) is 9.83. The molecule has 0 unspecified atom stereocenters. The van der Waals surface area contributed by atoms with Gasteiger partial charge < -0.3 is 25.0 Å². The molecule has 1 aromatic carbocycles. The number of rotatable bonds is 8. The smallest absolute Gasteiger partial charge is 0.341 e. The van der Waals surface area contributed by atoms with Crippen LogP contribution < -0.4 is 15.5 Å². The molecule has 4 heterocycles. The molecule has 38 heavy (non-hydrogen) atoms. The van der Waals surface area contributed by atoms with E-state index in [1.165, 1.54) is 12.4 Å². The van der Waals surface area contributed by atoms with Crippen molar-refractivity contribution in [3.63, 3.8) is 0 Å². The van der Waals surface area contributed by atoms with Gasteiger partial charge in [0.2, 0.25) is 11.9 Å². The van der Waals surface area contributed by atoms with Gasteiger partial charge in [0.1, 0.15) is 0 Å². The minimum Gasteiger partial charge on any atom is -0.462 e. The molecular weight excluding hydrogens is 506 g/mol. The first-order valence-corrected chi connectivity index (χ1v) is 13.0. The van der Waals surface area contributed by atoms with Gasteiger partial charge in [-0.1, -0.05) is 12.1 Å². The molecule has 0 saturated carbocycles. The molecule has 0 aliphatic carbocycles. The second-order valence-electron chi connectivity index (χ2n) is 8.69. The van der Waals surface area contributed by atoms with E-state index in [0.29, 0.717) is 49.3 Å². The molecule has 1 fully saturated rings. The highest BCUT2D eigenvalue weighted by molar-refractivity contribution is 7.19. The Labute approximate surface area is 223 Å². The van der Waals surface area contributed by atoms with E-state index in [9.17, 15) is 9.59 Å². The number of ether oxygens (including phenoxy) is 2. The number of aromatic nitrogens is 4. The van der Waals surface area contributed by atoms with E-state index in [4.69, 9.17) is 25.2 Å². The molecule has 4 aromatic rings. The molecule has 12 heteroatoms. The summed E-state index contributed by atoms with van der Waals surface area (Å²) in [5.74, 6) is 0.903. The zero-order valence-corrected chi connectivity index (χ0v) is 21.9. The van der Waals surface area contributed by atoms with Gasteiger partial charge in [-0.05, 0) is 25.1 Å². The highest BCUT2D eigenvalue weighted by Gasteiger charge is 2.21. The normalized spacial score (nSPS) is 13.5. The van der Waals surface area contributed by atoms with E-state index in [0.717, 1.165) is 39.6 Å².